The second-order valence-corrected chi connectivity index (χ2v) is 5.73. The summed E-state index contributed by atoms with van der Waals surface area (Å²) in [6, 6.07) is 15.7. The molecule has 0 aromatic heterocycles. The Labute approximate surface area is 131 Å². The minimum atomic E-state index is 0.0935. The lowest BCUT2D eigenvalue weighted by Gasteiger charge is -2.26. The summed E-state index contributed by atoms with van der Waals surface area (Å²) in [5.74, 6) is 0.0935. The molecule has 0 atom stereocenters. The summed E-state index contributed by atoms with van der Waals surface area (Å²) in [5.41, 5.74) is 3.79. The molecule has 0 bridgehead atoms. The van der Waals surface area contributed by atoms with Crippen molar-refractivity contribution < 1.29 is 9.53 Å². The van der Waals surface area contributed by atoms with Crippen LogP contribution in [0.15, 0.2) is 48.5 Å². The normalized spacial score (nSPS) is 15.7. The second kappa shape index (κ2) is 6.86. The van der Waals surface area contributed by atoms with Gasteiger partial charge in [0.1, 0.15) is 0 Å². The molecule has 1 saturated heterocycles. The monoisotopic (exact) mass is 295 g/mol. The fourth-order valence-corrected chi connectivity index (χ4v) is 2.76. The number of rotatable bonds is 4. The summed E-state index contributed by atoms with van der Waals surface area (Å²) in [7, 11) is 0. The van der Waals surface area contributed by atoms with Crippen molar-refractivity contribution >= 4 is 5.78 Å². The van der Waals surface area contributed by atoms with Crippen LogP contribution < -0.4 is 0 Å². The second-order valence-electron chi connectivity index (χ2n) is 5.73. The van der Waals surface area contributed by atoms with Crippen molar-refractivity contribution in [3.05, 3.63) is 70.8 Å². The Kier molecular flexibility index (Phi) is 4.66. The standard InChI is InChI=1S/C19H21NO2/c1-15-4-2-3-5-18(15)19(21)17-8-6-16(7-9-17)14-20-10-12-22-13-11-20/h2-9H,10-14H2,1H3. The summed E-state index contributed by atoms with van der Waals surface area (Å²) in [6.07, 6.45) is 0. The lowest BCUT2D eigenvalue weighted by molar-refractivity contribution is 0.0342. The van der Waals surface area contributed by atoms with Crippen molar-refractivity contribution in [3.63, 3.8) is 0 Å². The number of ketones is 1. The van der Waals surface area contributed by atoms with Crippen LogP contribution in [0.4, 0.5) is 0 Å². The third-order valence-electron chi connectivity index (χ3n) is 4.12. The molecule has 0 aliphatic carbocycles. The van der Waals surface area contributed by atoms with Gasteiger partial charge < -0.3 is 4.74 Å². The van der Waals surface area contributed by atoms with Gasteiger partial charge in [-0.1, -0.05) is 48.5 Å². The Morgan fingerprint density at radius 3 is 2.41 bits per heavy atom. The fourth-order valence-electron chi connectivity index (χ4n) is 2.76. The first-order valence-electron chi connectivity index (χ1n) is 7.73. The Balaban J connectivity index is 1.71. The van der Waals surface area contributed by atoms with Gasteiger partial charge in [-0.2, -0.15) is 0 Å². The van der Waals surface area contributed by atoms with Crippen LogP contribution in [0.1, 0.15) is 27.0 Å². The molecule has 1 fully saturated rings. The summed E-state index contributed by atoms with van der Waals surface area (Å²) in [4.78, 5) is 14.9. The van der Waals surface area contributed by atoms with Crippen molar-refractivity contribution in [2.45, 2.75) is 13.5 Å². The van der Waals surface area contributed by atoms with Crippen LogP contribution in [-0.4, -0.2) is 37.0 Å². The molecule has 3 heteroatoms. The predicted molar refractivity (Wildman–Crippen MR) is 87.1 cm³/mol. The van der Waals surface area contributed by atoms with Gasteiger partial charge in [-0.05, 0) is 18.1 Å². The molecule has 1 heterocycles. The van der Waals surface area contributed by atoms with E-state index in [-0.39, 0.29) is 5.78 Å². The van der Waals surface area contributed by atoms with Gasteiger partial charge in [-0.3, -0.25) is 9.69 Å². The maximum atomic E-state index is 12.5. The molecular weight excluding hydrogens is 274 g/mol. The average Bonchev–Trinajstić information content (AvgIpc) is 2.56. The van der Waals surface area contributed by atoms with E-state index in [1.54, 1.807) is 0 Å². The number of hydrogen-bond donors (Lipinski definition) is 0. The number of aryl methyl sites for hydroxylation is 1. The van der Waals surface area contributed by atoms with Crippen LogP contribution in [0.2, 0.25) is 0 Å². The summed E-state index contributed by atoms with van der Waals surface area (Å²) in [5, 5.41) is 0. The SMILES string of the molecule is Cc1ccccc1C(=O)c1ccc(CN2CCOCC2)cc1. The maximum absolute atomic E-state index is 12.5. The molecule has 3 rings (SSSR count). The lowest BCUT2D eigenvalue weighted by atomic mass is 9.98. The van der Waals surface area contributed by atoms with Crippen LogP contribution in [0.5, 0.6) is 0 Å². The largest absolute Gasteiger partial charge is 0.379 e. The van der Waals surface area contributed by atoms with Gasteiger partial charge >= 0.3 is 0 Å². The zero-order chi connectivity index (χ0) is 15.4. The van der Waals surface area contributed by atoms with Gasteiger partial charge in [0.15, 0.2) is 5.78 Å². The van der Waals surface area contributed by atoms with Crippen LogP contribution in [0.3, 0.4) is 0 Å². The van der Waals surface area contributed by atoms with Crippen LogP contribution in [0.25, 0.3) is 0 Å². The van der Waals surface area contributed by atoms with Gasteiger partial charge in [0.2, 0.25) is 0 Å². The van der Waals surface area contributed by atoms with E-state index in [0.717, 1.165) is 49.5 Å². The zero-order valence-electron chi connectivity index (χ0n) is 12.9. The van der Waals surface area contributed by atoms with Crippen molar-refractivity contribution in [1.82, 2.24) is 4.90 Å². The van der Waals surface area contributed by atoms with Crippen LogP contribution in [-0.2, 0) is 11.3 Å². The molecule has 2 aromatic carbocycles. The van der Waals surface area contributed by atoms with E-state index < -0.39 is 0 Å². The fraction of sp³-hybridized carbons (Fsp3) is 0.316. The molecule has 114 valence electrons. The number of benzene rings is 2. The highest BCUT2D eigenvalue weighted by atomic mass is 16.5. The number of carbonyl (C=O) groups is 1. The van der Waals surface area contributed by atoms with Gasteiger partial charge in [0.25, 0.3) is 0 Å². The van der Waals surface area contributed by atoms with Crippen LogP contribution >= 0.6 is 0 Å². The number of morpholine rings is 1. The summed E-state index contributed by atoms with van der Waals surface area (Å²) in [6.45, 7) is 6.46. The summed E-state index contributed by atoms with van der Waals surface area (Å²) >= 11 is 0. The van der Waals surface area contributed by atoms with E-state index in [2.05, 4.69) is 17.0 Å². The lowest BCUT2D eigenvalue weighted by Crippen LogP contribution is -2.35. The molecule has 0 spiro atoms. The van der Waals surface area contributed by atoms with Crippen molar-refractivity contribution in [2.24, 2.45) is 0 Å². The molecule has 0 amide bonds. The highest BCUT2D eigenvalue weighted by molar-refractivity contribution is 6.09. The number of ether oxygens (including phenoxy) is 1. The number of nitrogens with zero attached hydrogens (tertiary/aromatic N) is 1. The minimum Gasteiger partial charge on any atom is -0.379 e. The number of hydrogen-bond acceptors (Lipinski definition) is 3. The first-order chi connectivity index (χ1) is 10.7. The summed E-state index contributed by atoms with van der Waals surface area (Å²) < 4.78 is 5.36. The highest BCUT2D eigenvalue weighted by Gasteiger charge is 2.13. The molecule has 0 N–H and O–H groups in total. The molecule has 0 radical (unpaired) electrons. The zero-order valence-corrected chi connectivity index (χ0v) is 12.9. The molecule has 0 unspecified atom stereocenters. The third-order valence-corrected chi connectivity index (χ3v) is 4.12. The smallest absolute Gasteiger partial charge is 0.193 e. The molecule has 22 heavy (non-hydrogen) atoms. The van der Waals surface area contributed by atoms with E-state index in [9.17, 15) is 4.79 Å². The van der Waals surface area contributed by atoms with Crippen LogP contribution in [0, 0.1) is 6.92 Å². The molecule has 2 aromatic rings. The van der Waals surface area contributed by atoms with Gasteiger partial charge in [0, 0.05) is 30.8 Å². The quantitative estimate of drug-likeness (QED) is 0.812. The van der Waals surface area contributed by atoms with E-state index >= 15 is 0 Å². The van der Waals surface area contributed by atoms with Gasteiger partial charge in [-0.25, -0.2) is 0 Å². The first kappa shape index (κ1) is 14.9. The Hall–Kier alpha value is -1.97. The van der Waals surface area contributed by atoms with Crippen molar-refractivity contribution in [3.8, 4) is 0 Å². The Morgan fingerprint density at radius 1 is 1.05 bits per heavy atom. The number of carbonyl (C=O) groups excluding carboxylic acids is 1. The highest BCUT2D eigenvalue weighted by Crippen LogP contribution is 2.15. The van der Waals surface area contributed by atoms with Crippen molar-refractivity contribution in [2.75, 3.05) is 26.3 Å². The van der Waals surface area contributed by atoms with Gasteiger partial charge in [-0.15, -0.1) is 0 Å². The first-order valence-corrected chi connectivity index (χ1v) is 7.73. The van der Waals surface area contributed by atoms with E-state index in [1.807, 2.05) is 43.3 Å². The molecule has 3 nitrogen and oxygen atoms in total. The van der Waals surface area contributed by atoms with Crippen molar-refractivity contribution in [1.29, 1.82) is 0 Å². The van der Waals surface area contributed by atoms with E-state index in [1.165, 1.54) is 5.56 Å². The average molecular weight is 295 g/mol. The van der Waals surface area contributed by atoms with E-state index in [4.69, 9.17) is 4.74 Å². The maximum Gasteiger partial charge on any atom is 0.193 e. The predicted octanol–water partition coefficient (Wildman–Crippen LogP) is 3.06. The topological polar surface area (TPSA) is 29.5 Å². The molecular formula is C19H21NO2. The third kappa shape index (κ3) is 3.43. The van der Waals surface area contributed by atoms with Gasteiger partial charge in [0.05, 0.1) is 13.2 Å². The molecule has 0 saturated carbocycles. The Morgan fingerprint density at radius 2 is 1.73 bits per heavy atom. The minimum absolute atomic E-state index is 0.0935. The molecule has 1 aliphatic heterocycles. The van der Waals surface area contributed by atoms with E-state index in [0.29, 0.717) is 0 Å². The Bertz CT molecular complexity index is 643. The molecule has 1 aliphatic rings.